The van der Waals surface area contributed by atoms with Gasteiger partial charge >= 0.3 is 0 Å². The summed E-state index contributed by atoms with van der Waals surface area (Å²) < 4.78 is 13.4. The monoisotopic (exact) mass is 381 g/mol. The number of rotatable bonds is 8. The first-order chi connectivity index (χ1) is 10.7. The van der Waals surface area contributed by atoms with Gasteiger partial charge in [0.15, 0.2) is 11.6 Å². The standard InChI is InChI=1S/C19H24FNO.BrH/c1-2-12-21(13-10-16-6-4-3-5-7-16)14-11-17-8-9-19(22)18(20)15-17;/h3-9,15,22H,2,10-14H2,1H3;1H. The average molecular weight is 382 g/mol. The molecule has 0 saturated carbocycles. The van der Waals surface area contributed by atoms with E-state index in [9.17, 15) is 9.50 Å². The van der Waals surface area contributed by atoms with Crippen LogP contribution in [0.5, 0.6) is 5.75 Å². The van der Waals surface area contributed by atoms with E-state index >= 15 is 0 Å². The molecule has 4 heteroatoms. The number of halogens is 2. The summed E-state index contributed by atoms with van der Waals surface area (Å²) in [6.07, 6.45) is 2.94. The number of phenols is 1. The molecule has 0 heterocycles. The third-order valence-electron chi connectivity index (χ3n) is 3.83. The molecule has 0 amide bonds. The van der Waals surface area contributed by atoms with Gasteiger partial charge in [-0.2, -0.15) is 0 Å². The van der Waals surface area contributed by atoms with E-state index in [0.29, 0.717) is 0 Å². The van der Waals surface area contributed by atoms with Crippen molar-refractivity contribution in [2.45, 2.75) is 26.2 Å². The number of hydrogen-bond donors (Lipinski definition) is 1. The summed E-state index contributed by atoms with van der Waals surface area (Å²) in [5, 5.41) is 9.23. The highest BCUT2D eigenvalue weighted by Crippen LogP contribution is 2.16. The van der Waals surface area contributed by atoms with Gasteiger partial charge in [-0.25, -0.2) is 4.39 Å². The minimum Gasteiger partial charge on any atom is -0.505 e. The van der Waals surface area contributed by atoms with Crippen LogP contribution in [0.15, 0.2) is 48.5 Å². The molecule has 126 valence electrons. The van der Waals surface area contributed by atoms with Crippen LogP contribution in [0.3, 0.4) is 0 Å². The van der Waals surface area contributed by atoms with E-state index < -0.39 is 5.82 Å². The molecule has 0 aliphatic carbocycles. The Kier molecular flexibility index (Phi) is 8.89. The maximum Gasteiger partial charge on any atom is 0.165 e. The molecule has 0 aliphatic heterocycles. The highest BCUT2D eigenvalue weighted by molar-refractivity contribution is 8.93. The smallest absolute Gasteiger partial charge is 0.165 e. The van der Waals surface area contributed by atoms with E-state index in [1.807, 2.05) is 6.07 Å². The van der Waals surface area contributed by atoms with Gasteiger partial charge in [-0.3, -0.25) is 0 Å². The molecule has 2 rings (SSSR count). The van der Waals surface area contributed by atoms with Crippen LogP contribution in [0, 0.1) is 5.82 Å². The molecule has 0 fully saturated rings. The molecule has 0 aliphatic rings. The minimum absolute atomic E-state index is 0. The average Bonchev–Trinajstić information content (AvgIpc) is 2.54. The Morgan fingerprint density at radius 1 is 0.913 bits per heavy atom. The first-order valence-electron chi connectivity index (χ1n) is 7.92. The van der Waals surface area contributed by atoms with Crippen LogP contribution in [-0.2, 0) is 12.8 Å². The van der Waals surface area contributed by atoms with Gasteiger partial charge in [-0.1, -0.05) is 43.3 Å². The maximum atomic E-state index is 13.4. The fraction of sp³-hybridized carbons (Fsp3) is 0.368. The van der Waals surface area contributed by atoms with Gasteiger partial charge < -0.3 is 10.0 Å². The number of phenolic OH excluding ortho intramolecular Hbond substituents is 1. The van der Waals surface area contributed by atoms with E-state index in [2.05, 4.69) is 36.1 Å². The molecule has 2 nitrogen and oxygen atoms in total. The first kappa shape index (κ1) is 19.7. The number of aromatic hydroxyl groups is 1. The van der Waals surface area contributed by atoms with Crippen LogP contribution >= 0.6 is 17.0 Å². The highest BCUT2D eigenvalue weighted by Gasteiger charge is 2.07. The van der Waals surface area contributed by atoms with Crippen molar-refractivity contribution in [3.63, 3.8) is 0 Å². The van der Waals surface area contributed by atoms with Crippen molar-refractivity contribution in [1.29, 1.82) is 0 Å². The van der Waals surface area contributed by atoms with Gasteiger partial charge in [0, 0.05) is 13.1 Å². The molecule has 23 heavy (non-hydrogen) atoms. The second-order valence-corrected chi connectivity index (χ2v) is 5.61. The topological polar surface area (TPSA) is 23.5 Å². The molecule has 2 aromatic rings. The molecule has 0 radical (unpaired) electrons. The fourth-order valence-corrected chi connectivity index (χ4v) is 2.58. The lowest BCUT2D eigenvalue weighted by Crippen LogP contribution is -2.29. The molecule has 0 atom stereocenters. The van der Waals surface area contributed by atoms with Gasteiger partial charge in [0.05, 0.1) is 0 Å². The SMILES string of the molecule is Br.CCCN(CCc1ccccc1)CCc1ccc(O)c(F)c1. The molecular weight excluding hydrogens is 357 g/mol. The number of benzene rings is 2. The minimum atomic E-state index is -0.538. The molecule has 1 N–H and O–H groups in total. The van der Waals surface area contributed by atoms with Crippen LogP contribution in [-0.4, -0.2) is 29.6 Å². The molecule has 2 aromatic carbocycles. The Hall–Kier alpha value is -1.39. The van der Waals surface area contributed by atoms with Crippen molar-refractivity contribution >= 4 is 17.0 Å². The van der Waals surface area contributed by atoms with Crippen molar-refractivity contribution in [3.8, 4) is 5.75 Å². The lowest BCUT2D eigenvalue weighted by Gasteiger charge is -2.21. The Morgan fingerprint density at radius 2 is 1.57 bits per heavy atom. The molecule has 0 saturated heterocycles. The summed E-state index contributed by atoms with van der Waals surface area (Å²) in [5.41, 5.74) is 2.27. The molecule has 0 aromatic heterocycles. The molecule has 0 spiro atoms. The van der Waals surface area contributed by atoms with Crippen molar-refractivity contribution in [2.24, 2.45) is 0 Å². The third kappa shape index (κ3) is 6.71. The van der Waals surface area contributed by atoms with Crippen LogP contribution in [0.1, 0.15) is 24.5 Å². The van der Waals surface area contributed by atoms with Crippen molar-refractivity contribution in [1.82, 2.24) is 4.90 Å². The zero-order chi connectivity index (χ0) is 15.8. The second kappa shape index (κ2) is 10.4. The summed E-state index contributed by atoms with van der Waals surface area (Å²) in [7, 11) is 0. The van der Waals surface area contributed by atoms with Crippen LogP contribution in [0.2, 0.25) is 0 Å². The fourth-order valence-electron chi connectivity index (χ4n) is 2.58. The van der Waals surface area contributed by atoms with E-state index in [4.69, 9.17) is 0 Å². The van der Waals surface area contributed by atoms with E-state index in [1.165, 1.54) is 17.7 Å². The molecular formula is C19H25BrFNO. The lowest BCUT2D eigenvalue weighted by molar-refractivity contribution is 0.281. The van der Waals surface area contributed by atoms with Gasteiger partial charge in [0.2, 0.25) is 0 Å². The van der Waals surface area contributed by atoms with Crippen molar-refractivity contribution in [3.05, 3.63) is 65.5 Å². The van der Waals surface area contributed by atoms with E-state index in [-0.39, 0.29) is 22.7 Å². The number of nitrogens with zero attached hydrogens (tertiary/aromatic N) is 1. The first-order valence-corrected chi connectivity index (χ1v) is 7.92. The predicted octanol–water partition coefficient (Wildman–Crippen LogP) is 4.61. The zero-order valence-electron chi connectivity index (χ0n) is 13.5. The second-order valence-electron chi connectivity index (χ2n) is 5.61. The summed E-state index contributed by atoms with van der Waals surface area (Å²) >= 11 is 0. The predicted molar refractivity (Wildman–Crippen MR) is 99.0 cm³/mol. The lowest BCUT2D eigenvalue weighted by atomic mass is 10.1. The van der Waals surface area contributed by atoms with Crippen LogP contribution in [0.25, 0.3) is 0 Å². The zero-order valence-corrected chi connectivity index (χ0v) is 15.3. The van der Waals surface area contributed by atoms with Gasteiger partial charge in [0.1, 0.15) is 0 Å². The number of hydrogen-bond acceptors (Lipinski definition) is 2. The quantitative estimate of drug-likeness (QED) is 0.721. The van der Waals surface area contributed by atoms with Crippen LogP contribution < -0.4 is 0 Å². The summed E-state index contributed by atoms with van der Waals surface area (Å²) in [4.78, 5) is 2.41. The van der Waals surface area contributed by atoms with Gasteiger partial charge in [0.25, 0.3) is 0 Å². The third-order valence-corrected chi connectivity index (χ3v) is 3.83. The Labute approximate surface area is 148 Å². The van der Waals surface area contributed by atoms with E-state index in [0.717, 1.165) is 44.5 Å². The van der Waals surface area contributed by atoms with Crippen molar-refractivity contribution < 1.29 is 9.50 Å². The van der Waals surface area contributed by atoms with Crippen molar-refractivity contribution in [2.75, 3.05) is 19.6 Å². The van der Waals surface area contributed by atoms with Gasteiger partial charge in [-0.05, 0) is 49.1 Å². The van der Waals surface area contributed by atoms with Crippen LogP contribution in [0.4, 0.5) is 4.39 Å². The Balaban J connectivity index is 0.00000264. The summed E-state index contributed by atoms with van der Waals surface area (Å²) in [6, 6.07) is 15.1. The molecule has 0 bridgehead atoms. The van der Waals surface area contributed by atoms with Gasteiger partial charge in [-0.15, -0.1) is 17.0 Å². The normalized spacial score (nSPS) is 10.6. The Bertz CT molecular complexity index is 577. The summed E-state index contributed by atoms with van der Waals surface area (Å²) in [5.74, 6) is -0.818. The highest BCUT2D eigenvalue weighted by atomic mass is 79.9. The maximum absolute atomic E-state index is 13.4. The molecule has 0 unspecified atom stereocenters. The largest absolute Gasteiger partial charge is 0.505 e. The Morgan fingerprint density at radius 3 is 2.17 bits per heavy atom. The summed E-state index contributed by atoms with van der Waals surface area (Å²) in [6.45, 7) is 5.15. The van der Waals surface area contributed by atoms with E-state index in [1.54, 1.807) is 6.07 Å².